The molecule has 1 unspecified atom stereocenters. The number of amides is 1. The smallest absolute Gasteiger partial charge is 0.240 e. The van der Waals surface area contributed by atoms with Crippen LogP contribution < -0.4 is 14.8 Å². The number of sulfonamides is 1. The Bertz CT molecular complexity index is 1150. The Kier molecular flexibility index (Phi) is 8.59. The summed E-state index contributed by atoms with van der Waals surface area (Å²) in [4.78, 5) is 12.4. The van der Waals surface area contributed by atoms with Crippen LogP contribution in [-0.2, 0) is 19.6 Å². The van der Waals surface area contributed by atoms with Crippen LogP contribution in [0.1, 0.15) is 13.3 Å². The minimum Gasteiger partial charge on any atom is -0.492 e. The third-order valence-electron chi connectivity index (χ3n) is 4.78. The van der Waals surface area contributed by atoms with Crippen LogP contribution in [0.3, 0.4) is 0 Å². The highest BCUT2D eigenvalue weighted by Gasteiger charge is 2.17. The van der Waals surface area contributed by atoms with Gasteiger partial charge in [0.2, 0.25) is 15.9 Å². The van der Waals surface area contributed by atoms with Crippen LogP contribution in [0.5, 0.6) is 5.75 Å². The van der Waals surface area contributed by atoms with E-state index in [2.05, 4.69) is 10.0 Å². The first-order valence-corrected chi connectivity index (χ1v) is 12.1. The van der Waals surface area contributed by atoms with Crippen molar-refractivity contribution in [3.8, 4) is 16.9 Å². The number of hydrogen-bond acceptors (Lipinski definition) is 5. The van der Waals surface area contributed by atoms with E-state index in [0.29, 0.717) is 11.4 Å². The first-order chi connectivity index (χ1) is 15.9. The van der Waals surface area contributed by atoms with E-state index in [0.717, 1.165) is 11.1 Å². The lowest BCUT2D eigenvalue weighted by molar-refractivity contribution is -0.116. The molecule has 7 nitrogen and oxygen atoms in total. The Balaban J connectivity index is 1.53. The first-order valence-electron chi connectivity index (χ1n) is 10.6. The van der Waals surface area contributed by atoms with E-state index in [4.69, 9.17) is 9.47 Å². The van der Waals surface area contributed by atoms with Crippen LogP contribution in [0.25, 0.3) is 11.1 Å². The molecule has 0 radical (unpaired) electrons. The number of anilines is 1. The molecule has 8 heteroatoms. The maximum absolute atomic E-state index is 12.4. The van der Waals surface area contributed by atoms with E-state index in [9.17, 15) is 13.2 Å². The zero-order chi connectivity index (χ0) is 23.7. The Hall–Kier alpha value is -3.20. The molecule has 0 saturated heterocycles. The zero-order valence-electron chi connectivity index (χ0n) is 18.7. The normalized spacial score (nSPS) is 12.2. The topological polar surface area (TPSA) is 93.7 Å². The van der Waals surface area contributed by atoms with E-state index in [-0.39, 0.29) is 36.5 Å². The fraction of sp³-hybridized carbons (Fsp3) is 0.240. The van der Waals surface area contributed by atoms with E-state index < -0.39 is 10.0 Å². The summed E-state index contributed by atoms with van der Waals surface area (Å²) in [6.45, 7) is 2.20. The van der Waals surface area contributed by atoms with Crippen molar-refractivity contribution in [2.24, 2.45) is 0 Å². The number of methoxy groups -OCH3 is 1. The standard InChI is InChI=1S/C25H28N2O5S/c1-19(18-31-2)27-33(29,30)22-14-12-21(13-15-22)26-25(28)16-17-32-24-11-7-6-10-23(24)20-8-4-3-5-9-20/h3-15,19,27H,16-18H2,1-2H3,(H,26,28). The molecule has 0 bridgehead atoms. The molecule has 0 aliphatic carbocycles. The molecule has 3 rings (SSSR count). The largest absolute Gasteiger partial charge is 0.492 e. The van der Waals surface area contributed by atoms with Crippen LogP contribution in [0.15, 0.2) is 83.8 Å². The van der Waals surface area contributed by atoms with Gasteiger partial charge in [-0.3, -0.25) is 4.79 Å². The summed E-state index contributed by atoms with van der Waals surface area (Å²) >= 11 is 0. The molecule has 0 aliphatic rings. The highest BCUT2D eigenvalue weighted by molar-refractivity contribution is 7.89. The molecule has 2 N–H and O–H groups in total. The van der Waals surface area contributed by atoms with Crippen LogP contribution in [-0.4, -0.2) is 40.7 Å². The van der Waals surface area contributed by atoms with Gasteiger partial charge in [0.05, 0.1) is 24.5 Å². The Morgan fingerprint density at radius 1 is 0.939 bits per heavy atom. The average Bonchev–Trinajstić information content (AvgIpc) is 2.80. The van der Waals surface area contributed by atoms with Crippen molar-refractivity contribution < 1.29 is 22.7 Å². The van der Waals surface area contributed by atoms with E-state index in [1.807, 2.05) is 54.6 Å². The maximum atomic E-state index is 12.4. The second kappa shape index (κ2) is 11.6. The first kappa shape index (κ1) is 24.4. The summed E-state index contributed by atoms with van der Waals surface area (Å²) < 4.78 is 38.1. The van der Waals surface area contributed by atoms with Crippen molar-refractivity contribution in [3.05, 3.63) is 78.9 Å². The van der Waals surface area contributed by atoms with Crippen molar-refractivity contribution in [1.82, 2.24) is 4.72 Å². The van der Waals surface area contributed by atoms with E-state index >= 15 is 0 Å². The number of rotatable bonds is 11. The Morgan fingerprint density at radius 3 is 2.30 bits per heavy atom. The molecule has 0 spiro atoms. The number of hydrogen-bond donors (Lipinski definition) is 2. The van der Waals surface area contributed by atoms with Gasteiger partial charge >= 0.3 is 0 Å². The van der Waals surface area contributed by atoms with Gasteiger partial charge in [0.25, 0.3) is 0 Å². The number of para-hydroxylation sites is 1. The molecule has 33 heavy (non-hydrogen) atoms. The molecule has 1 amide bonds. The minimum absolute atomic E-state index is 0.115. The minimum atomic E-state index is -3.66. The molecular formula is C25H28N2O5S. The Labute approximate surface area is 194 Å². The quantitative estimate of drug-likeness (QED) is 0.442. The van der Waals surface area contributed by atoms with Crippen molar-refractivity contribution in [3.63, 3.8) is 0 Å². The van der Waals surface area contributed by atoms with Crippen molar-refractivity contribution in [1.29, 1.82) is 0 Å². The molecular weight excluding hydrogens is 440 g/mol. The van der Waals surface area contributed by atoms with Crippen LogP contribution >= 0.6 is 0 Å². The number of carbonyl (C=O) groups excluding carboxylic acids is 1. The van der Waals surface area contributed by atoms with Crippen LogP contribution in [0, 0.1) is 0 Å². The van der Waals surface area contributed by atoms with Crippen molar-refractivity contribution >= 4 is 21.6 Å². The van der Waals surface area contributed by atoms with Gasteiger partial charge in [-0.2, -0.15) is 0 Å². The molecule has 174 valence electrons. The fourth-order valence-electron chi connectivity index (χ4n) is 3.26. The molecule has 0 fully saturated rings. The van der Waals surface area contributed by atoms with Gasteiger partial charge in [-0.15, -0.1) is 0 Å². The van der Waals surface area contributed by atoms with Gasteiger partial charge in [-0.25, -0.2) is 13.1 Å². The van der Waals surface area contributed by atoms with Gasteiger partial charge in [-0.05, 0) is 42.8 Å². The predicted octanol–water partition coefficient (Wildman–Crippen LogP) is 4.07. The SMILES string of the molecule is COCC(C)NS(=O)(=O)c1ccc(NC(=O)CCOc2ccccc2-c2ccccc2)cc1. The predicted molar refractivity (Wildman–Crippen MR) is 129 cm³/mol. The molecule has 3 aromatic carbocycles. The zero-order valence-corrected chi connectivity index (χ0v) is 19.5. The molecule has 1 atom stereocenters. The molecule has 0 aromatic heterocycles. The molecule has 0 heterocycles. The summed E-state index contributed by atoms with van der Waals surface area (Å²) in [5.41, 5.74) is 2.51. The lowest BCUT2D eigenvalue weighted by Crippen LogP contribution is -2.35. The van der Waals surface area contributed by atoms with Crippen molar-refractivity contribution in [2.75, 3.05) is 25.6 Å². The van der Waals surface area contributed by atoms with Gasteiger partial charge in [0.15, 0.2) is 0 Å². The van der Waals surface area contributed by atoms with E-state index in [1.54, 1.807) is 19.1 Å². The summed E-state index contributed by atoms with van der Waals surface area (Å²) in [6.07, 6.45) is 0.152. The van der Waals surface area contributed by atoms with Crippen LogP contribution in [0.2, 0.25) is 0 Å². The summed E-state index contributed by atoms with van der Waals surface area (Å²) in [7, 11) is -2.15. The lowest BCUT2D eigenvalue weighted by Gasteiger charge is -2.14. The maximum Gasteiger partial charge on any atom is 0.240 e. The van der Waals surface area contributed by atoms with Gasteiger partial charge in [0.1, 0.15) is 5.75 Å². The van der Waals surface area contributed by atoms with E-state index in [1.165, 1.54) is 19.2 Å². The molecule has 3 aromatic rings. The fourth-order valence-corrected chi connectivity index (χ4v) is 4.49. The third-order valence-corrected chi connectivity index (χ3v) is 6.39. The number of benzene rings is 3. The highest BCUT2D eigenvalue weighted by Crippen LogP contribution is 2.29. The Morgan fingerprint density at radius 2 is 1.61 bits per heavy atom. The summed E-state index contributed by atoms with van der Waals surface area (Å²) in [6, 6.07) is 23.2. The number of nitrogens with one attached hydrogen (secondary N) is 2. The second-order valence-electron chi connectivity index (χ2n) is 7.51. The third kappa shape index (κ3) is 7.15. The van der Waals surface area contributed by atoms with Crippen molar-refractivity contribution in [2.45, 2.75) is 24.3 Å². The van der Waals surface area contributed by atoms with Crippen LogP contribution in [0.4, 0.5) is 5.69 Å². The van der Waals surface area contributed by atoms with Gasteiger partial charge in [-0.1, -0.05) is 48.5 Å². The molecule has 0 saturated carbocycles. The summed E-state index contributed by atoms with van der Waals surface area (Å²) in [5.74, 6) is 0.482. The van der Waals surface area contributed by atoms with Gasteiger partial charge in [0, 0.05) is 24.4 Å². The molecule has 0 aliphatic heterocycles. The summed E-state index contributed by atoms with van der Waals surface area (Å²) in [5, 5.41) is 2.76. The lowest BCUT2D eigenvalue weighted by atomic mass is 10.1. The second-order valence-corrected chi connectivity index (χ2v) is 9.22. The number of carbonyl (C=O) groups is 1. The highest BCUT2D eigenvalue weighted by atomic mass is 32.2. The monoisotopic (exact) mass is 468 g/mol. The van der Waals surface area contributed by atoms with Gasteiger partial charge < -0.3 is 14.8 Å². The number of ether oxygens (including phenoxy) is 2. The average molecular weight is 469 g/mol.